The zero-order valence-electron chi connectivity index (χ0n) is 8.64. The molecule has 0 bridgehead atoms. The summed E-state index contributed by atoms with van der Waals surface area (Å²) in [4.78, 5) is 0. The van der Waals surface area contributed by atoms with E-state index in [0.29, 0.717) is 5.92 Å². The molecule has 0 aromatic rings. The van der Waals surface area contributed by atoms with E-state index >= 15 is 0 Å². The molecule has 0 aliphatic heterocycles. The highest BCUT2D eigenvalue weighted by Gasteiger charge is 2.35. The fourth-order valence-corrected chi connectivity index (χ4v) is 2.55. The van der Waals surface area contributed by atoms with Gasteiger partial charge in [-0.05, 0) is 30.6 Å². The molecule has 0 amide bonds. The largest absolute Gasteiger partial charge is 0.393 e. The molecule has 1 rings (SSSR count). The quantitative estimate of drug-likeness (QED) is 0.675. The van der Waals surface area contributed by atoms with Crippen LogP contribution in [-0.4, -0.2) is 11.2 Å². The Bertz CT molecular complexity index is 142. The van der Waals surface area contributed by atoms with E-state index in [1.54, 1.807) is 0 Å². The van der Waals surface area contributed by atoms with E-state index in [1.165, 1.54) is 25.7 Å². The Morgan fingerprint density at radius 1 is 1.42 bits per heavy atom. The zero-order chi connectivity index (χ0) is 9.19. The Hall–Kier alpha value is -0.0400. The van der Waals surface area contributed by atoms with Gasteiger partial charge in [-0.3, -0.25) is 0 Å². The lowest BCUT2D eigenvalue weighted by atomic mass is 9.69. The first-order valence-corrected chi connectivity index (χ1v) is 5.23. The Morgan fingerprint density at radius 2 is 2.08 bits per heavy atom. The van der Waals surface area contributed by atoms with Crippen molar-refractivity contribution in [2.75, 3.05) is 0 Å². The van der Waals surface area contributed by atoms with Gasteiger partial charge in [-0.25, -0.2) is 0 Å². The number of aliphatic hydroxyl groups excluding tert-OH is 1. The van der Waals surface area contributed by atoms with Crippen LogP contribution in [0.2, 0.25) is 0 Å². The van der Waals surface area contributed by atoms with Crippen molar-refractivity contribution >= 4 is 0 Å². The van der Waals surface area contributed by atoms with Crippen LogP contribution in [0.15, 0.2) is 0 Å². The summed E-state index contributed by atoms with van der Waals surface area (Å²) < 4.78 is 0. The van der Waals surface area contributed by atoms with E-state index in [0.717, 1.165) is 6.42 Å². The lowest BCUT2D eigenvalue weighted by Gasteiger charge is -2.39. The summed E-state index contributed by atoms with van der Waals surface area (Å²) in [6.45, 7) is 6.73. The molecule has 1 aliphatic rings. The van der Waals surface area contributed by atoms with Crippen molar-refractivity contribution in [2.45, 2.75) is 59.0 Å². The summed E-state index contributed by atoms with van der Waals surface area (Å²) in [6, 6.07) is 0. The standard InChI is InChI=1S/C11H22O/c1-9(2)8-11(3)7-5-4-6-10(11)12/h9-10,12H,4-8H2,1-3H3. The van der Waals surface area contributed by atoms with Crippen LogP contribution in [-0.2, 0) is 0 Å². The molecule has 0 spiro atoms. The lowest BCUT2D eigenvalue weighted by molar-refractivity contribution is -0.0126. The highest BCUT2D eigenvalue weighted by molar-refractivity contribution is 4.86. The third-order valence-corrected chi connectivity index (χ3v) is 3.15. The molecular weight excluding hydrogens is 148 g/mol. The fraction of sp³-hybridized carbons (Fsp3) is 1.00. The van der Waals surface area contributed by atoms with Crippen molar-refractivity contribution in [3.63, 3.8) is 0 Å². The molecule has 2 unspecified atom stereocenters. The van der Waals surface area contributed by atoms with E-state index in [9.17, 15) is 5.11 Å². The number of rotatable bonds is 2. The molecule has 0 heterocycles. The van der Waals surface area contributed by atoms with Crippen molar-refractivity contribution in [3.8, 4) is 0 Å². The molecule has 1 heteroatoms. The Morgan fingerprint density at radius 3 is 2.58 bits per heavy atom. The Labute approximate surface area is 76.2 Å². The molecule has 0 saturated heterocycles. The summed E-state index contributed by atoms with van der Waals surface area (Å²) in [7, 11) is 0. The highest BCUT2D eigenvalue weighted by Crippen LogP contribution is 2.40. The number of aliphatic hydroxyl groups is 1. The van der Waals surface area contributed by atoms with Gasteiger partial charge in [-0.15, -0.1) is 0 Å². The second-order valence-electron chi connectivity index (χ2n) is 5.01. The minimum Gasteiger partial charge on any atom is -0.393 e. The molecule has 0 radical (unpaired) electrons. The van der Waals surface area contributed by atoms with Gasteiger partial charge < -0.3 is 5.11 Å². The van der Waals surface area contributed by atoms with Crippen LogP contribution in [0.1, 0.15) is 52.9 Å². The van der Waals surface area contributed by atoms with Gasteiger partial charge in [0, 0.05) is 0 Å². The third kappa shape index (κ3) is 2.22. The van der Waals surface area contributed by atoms with Crippen molar-refractivity contribution in [1.82, 2.24) is 0 Å². The molecule has 2 atom stereocenters. The average molecular weight is 170 g/mol. The summed E-state index contributed by atoms with van der Waals surface area (Å²) in [5, 5.41) is 9.88. The third-order valence-electron chi connectivity index (χ3n) is 3.15. The second kappa shape index (κ2) is 3.78. The maximum absolute atomic E-state index is 9.88. The first-order chi connectivity index (χ1) is 5.54. The number of hydrogen-bond donors (Lipinski definition) is 1. The van der Waals surface area contributed by atoms with E-state index in [-0.39, 0.29) is 11.5 Å². The normalized spacial score (nSPS) is 37.2. The van der Waals surface area contributed by atoms with Crippen LogP contribution in [0, 0.1) is 11.3 Å². The molecular formula is C11H22O. The van der Waals surface area contributed by atoms with Crippen molar-refractivity contribution in [1.29, 1.82) is 0 Å². The van der Waals surface area contributed by atoms with E-state index in [4.69, 9.17) is 0 Å². The topological polar surface area (TPSA) is 20.2 Å². The van der Waals surface area contributed by atoms with Crippen molar-refractivity contribution in [2.24, 2.45) is 11.3 Å². The molecule has 0 aromatic heterocycles. The molecule has 0 aromatic carbocycles. The lowest BCUT2D eigenvalue weighted by Crippen LogP contribution is -2.36. The maximum atomic E-state index is 9.88. The first kappa shape index (κ1) is 10.0. The second-order valence-corrected chi connectivity index (χ2v) is 5.01. The predicted octanol–water partition coefficient (Wildman–Crippen LogP) is 2.97. The van der Waals surface area contributed by atoms with Gasteiger partial charge in [0.1, 0.15) is 0 Å². The molecule has 72 valence electrons. The van der Waals surface area contributed by atoms with Gasteiger partial charge in [0.05, 0.1) is 6.10 Å². The molecule has 1 saturated carbocycles. The van der Waals surface area contributed by atoms with Gasteiger partial charge in [0.25, 0.3) is 0 Å². The van der Waals surface area contributed by atoms with Gasteiger partial charge in [0.2, 0.25) is 0 Å². The van der Waals surface area contributed by atoms with Gasteiger partial charge in [0.15, 0.2) is 0 Å². The van der Waals surface area contributed by atoms with Crippen LogP contribution in [0.3, 0.4) is 0 Å². The van der Waals surface area contributed by atoms with Gasteiger partial charge >= 0.3 is 0 Å². The summed E-state index contributed by atoms with van der Waals surface area (Å²) in [6.07, 6.45) is 5.88. The first-order valence-electron chi connectivity index (χ1n) is 5.23. The van der Waals surface area contributed by atoms with Crippen LogP contribution in [0.5, 0.6) is 0 Å². The van der Waals surface area contributed by atoms with Crippen LogP contribution >= 0.6 is 0 Å². The molecule has 1 aliphatic carbocycles. The summed E-state index contributed by atoms with van der Waals surface area (Å²) >= 11 is 0. The van der Waals surface area contributed by atoms with Crippen molar-refractivity contribution < 1.29 is 5.11 Å². The molecule has 12 heavy (non-hydrogen) atoms. The van der Waals surface area contributed by atoms with Crippen LogP contribution in [0.4, 0.5) is 0 Å². The van der Waals surface area contributed by atoms with Crippen LogP contribution < -0.4 is 0 Å². The monoisotopic (exact) mass is 170 g/mol. The fourth-order valence-electron chi connectivity index (χ4n) is 2.55. The predicted molar refractivity (Wildman–Crippen MR) is 52.0 cm³/mol. The van der Waals surface area contributed by atoms with Gasteiger partial charge in [-0.2, -0.15) is 0 Å². The smallest absolute Gasteiger partial charge is 0.0593 e. The summed E-state index contributed by atoms with van der Waals surface area (Å²) in [5.41, 5.74) is 0.215. The molecule has 1 nitrogen and oxygen atoms in total. The summed E-state index contributed by atoms with van der Waals surface area (Å²) in [5.74, 6) is 0.711. The number of hydrogen-bond acceptors (Lipinski definition) is 1. The molecule has 1 N–H and O–H groups in total. The van der Waals surface area contributed by atoms with Crippen molar-refractivity contribution in [3.05, 3.63) is 0 Å². The zero-order valence-corrected chi connectivity index (χ0v) is 8.64. The average Bonchev–Trinajstić information content (AvgIpc) is 1.94. The highest BCUT2D eigenvalue weighted by atomic mass is 16.3. The Kier molecular flexibility index (Phi) is 3.16. The minimum atomic E-state index is -0.0475. The SMILES string of the molecule is CC(C)CC1(C)CCCCC1O. The molecule has 1 fully saturated rings. The van der Waals surface area contributed by atoms with E-state index < -0.39 is 0 Å². The maximum Gasteiger partial charge on any atom is 0.0593 e. The van der Waals surface area contributed by atoms with Crippen LogP contribution in [0.25, 0.3) is 0 Å². The van der Waals surface area contributed by atoms with E-state index in [2.05, 4.69) is 20.8 Å². The van der Waals surface area contributed by atoms with Gasteiger partial charge in [-0.1, -0.05) is 33.6 Å². The minimum absolute atomic E-state index is 0.0475. The Balaban J connectivity index is 2.53. The van der Waals surface area contributed by atoms with E-state index in [1.807, 2.05) is 0 Å².